The van der Waals surface area contributed by atoms with E-state index in [1.807, 2.05) is 49.5 Å². The lowest BCUT2D eigenvalue weighted by atomic mass is 10.3. The summed E-state index contributed by atoms with van der Waals surface area (Å²) in [4.78, 5) is 10.9. The monoisotopic (exact) mass is 436 g/mol. The first-order valence-electron chi connectivity index (χ1n) is 8.85. The number of nitrogens with zero attached hydrogens (tertiary/aromatic N) is 4. The van der Waals surface area contributed by atoms with E-state index < -0.39 is 0 Å². The molecule has 7 heteroatoms. The van der Waals surface area contributed by atoms with Gasteiger partial charge in [0.1, 0.15) is 11.5 Å². The van der Waals surface area contributed by atoms with Gasteiger partial charge in [0, 0.05) is 48.6 Å². The first kappa shape index (κ1) is 18.5. The van der Waals surface area contributed by atoms with Crippen molar-refractivity contribution < 1.29 is 4.74 Å². The molecule has 28 heavy (non-hydrogen) atoms. The third kappa shape index (κ3) is 3.72. The Morgan fingerprint density at radius 2 is 1.96 bits per heavy atom. The summed E-state index contributed by atoms with van der Waals surface area (Å²) in [5, 5.41) is 0. The number of aryl methyl sites for hydroxylation is 1. The Bertz CT molecular complexity index is 1080. The van der Waals surface area contributed by atoms with Crippen molar-refractivity contribution in [2.45, 2.75) is 0 Å². The van der Waals surface area contributed by atoms with Crippen LogP contribution in [0.5, 0.6) is 11.5 Å². The van der Waals surface area contributed by atoms with E-state index in [0.29, 0.717) is 24.6 Å². The predicted molar refractivity (Wildman–Crippen MR) is 114 cm³/mol. The van der Waals surface area contributed by atoms with Crippen molar-refractivity contribution in [3.05, 3.63) is 71.5 Å². The first-order valence-corrected chi connectivity index (χ1v) is 9.64. The van der Waals surface area contributed by atoms with Crippen molar-refractivity contribution in [2.75, 3.05) is 18.0 Å². The highest BCUT2D eigenvalue weighted by Gasteiger charge is 2.17. The molecule has 2 aromatic heterocycles. The van der Waals surface area contributed by atoms with Crippen molar-refractivity contribution >= 4 is 38.6 Å². The molecule has 4 rings (SSSR count). The summed E-state index contributed by atoms with van der Waals surface area (Å²) in [5.41, 5.74) is 8.78. The van der Waals surface area contributed by atoms with Crippen molar-refractivity contribution in [2.24, 2.45) is 12.8 Å². The minimum absolute atomic E-state index is 0.520. The van der Waals surface area contributed by atoms with Crippen molar-refractivity contribution in [1.29, 1.82) is 0 Å². The number of hydrogen-bond acceptors (Lipinski definition) is 5. The molecule has 2 heterocycles. The zero-order chi connectivity index (χ0) is 19.5. The summed E-state index contributed by atoms with van der Waals surface area (Å²) in [6.07, 6.45) is 4.41. The Morgan fingerprint density at radius 1 is 1.14 bits per heavy atom. The molecule has 1 radical (unpaired) electrons. The maximum Gasteiger partial charge on any atom is 0.210 e. The van der Waals surface area contributed by atoms with Gasteiger partial charge in [0.25, 0.3) is 0 Å². The second kappa shape index (κ2) is 8.00. The number of aromatic nitrogens is 3. The minimum Gasteiger partial charge on any atom is -0.457 e. The van der Waals surface area contributed by atoms with E-state index in [4.69, 9.17) is 15.5 Å². The van der Waals surface area contributed by atoms with E-state index in [2.05, 4.69) is 36.6 Å². The molecule has 0 unspecified atom stereocenters. The number of halogens is 1. The van der Waals surface area contributed by atoms with E-state index in [9.17, 15) is 0 Å². The average molecular weight is 437 g/mol. The van der Waals surface area contributed by atoms with Gasteiger partial charge < -0.3 is 19.9 Å². The lowest BCUT2D eigenvalue weighted by Gasteiger charge is -2.23. The fraction of sp³-hybridized carbons (Fsp3) is 0.143. The second-order valence-corrected chi connectivity index (χ2v) is 7.18. The Morgan fingerprint density at radius 3 is 2.68 bits per heavy atom. The van der Waals surface area contributed by atoms with E-state index in [0.717, 1.165) is 27.1 Å². The molecule has 0 fully saturated rings. The SMILES string of the molecule is Cn1c(N(CCN)c2ccc(Br)cc2)nc2cc(Oc3c[c]ncc3)ccc21. The molecule has 2 N–H and O–H groups in total. The van der Waals surface area contributed by atoms with E-state index >= 15 is 0 Å². The summed E-state index contributed by atoms with van der Waals surface area (Å²) < 4.78 is 8.98. The number of hydrogen-bond donors (Lipinski definition) is 1. The highest BCUT2D eigenvalue weighted by Crippen LogP contribution is 2.31. The maximum atomic E-state index is 5.88. The molecule has 0 bridgehead atoms. The Kier molecular flexibility index (Phi) is 5.27. The largest absolute Gasteiger partial charge is 0.457 e. The van der Waals surface area contributed by atoms with Crippen LogP contribution in [-0.2, 0) is 7.05 Å². The number of benzene rings is 2. The lowest BCUT2D eigenvalue weighted by Crippen LogP contribution is -2.27. The number of imidazole rings is 1. The fourth-order valence-corrected chi connectivity index (χ4v) is 3.33. The average Bonchev–Trinajstić information content (AvgIpc) is 3.03. The third-order valence-corrected chi connectivity index (χ3v) is 4.92. The van der Waals surface area contributed by atoms with Crippen molar-refractivity contribution in [1.82, 2.24) is 14.5 Å². The summed E-state index contributed by atoms with van der Waals surface area (Å²) in [7, 11) is 2.01. The van der Waals surface area contributed by atoms with Gasteiger partial charge in [-0.1, -0.05) is 15.9 Å². The molecule has 0 atom stereocenters. The summed E-state index contributed by atoms with van der Waals surface area (Å²) in [5.74, 6) is 2.23. The van der Waals surface area contributed by atoms with Crippen LogP contribution in [0.25, 0.3) is 11.0 Å². The number of fused-ring (bicyclic) bond motifs is 1. The molecule has 0 amide bonds. The molecule has 141 valence electrons. The Hall–Kier alpha value is -2.90. The maximum absolute atomic E-state index is 5.88. The fourth-order valence-electron chi connectivity index (χ4n) is 3.07. The highest BCUT2D eigenvalue weighted by molar-refractivity contribution is 9.10. The zero-order valence-electron chi connectivity index (χ0n) is 15.3. The molecule has 2 aromatic carbocycles. The Labute approximate surface area is 171 Å². The standard InChI is InChI=1S/C21H19BrN5O/c1-26-20-7-6-18(28-17-8-11-24-12-9-17)14-19(20)25-21(26)27(13-10-23)16-4-2-15(22)3-5-16/h2-9,11,14H,10,13,23H2,1H3. The van der Waals surface area contributed by atoms with Gasteiger partial charge in [0.15, 0.2) is 0 Å². The van der Waals surface area contributed by atoms with Crippen LogP contribution in [0.15, 0.2) is 65.3 Å². The molecule has 0 aliphatic carbocycles. The summed E-state index contributed by atoms with van der Waals surface area (Å²) in [6, 6.07) is 17.5. The molecule has 4 aromatic rings. The van der Waals surface area contributed by atoms with Gasteiger partial charge >= 0.3 is 0 Å². The van der Waals surface area contributed by atoms with Gasteiger partial charge in [0.2, 0.25) is 5.95 Å². The van der Waals surface area contributed by atoms with Crippen molar-refractivity contribution in [3.8, 4) is 11.5 Å². The van der Waals surface area contributed by atoms with Gasteiger partial charge in [-0.2, -0.15) is 0 Å². The lowest BCUT2D eigenvalue weighted by molar-refractivity contribution is 0.482. The molecule has 0 saturated carbocycles. The van der Waals surface area contributed by atoms with Crippen LogP contribution in [0.2, 0.25) is 0 Å². The summed E-state index contributed by atoms with van der Waals surface area (Å²) >= 11 is 3.48. The molecular formula is C21H19BrN5O. The van der Waals surface area contributed by atoms with E-state index in [1.54, 1.807) is 18.3 Å². The Balaban J connectivity index is 1.72. The zero-order valence-corrected chi connectivity index (χ0v) is 16.9. The number of nitrogens with two attached hydrogens (primary N) is 1. The molecular weight excluding hydrogens is 418 g/mol. The topological polar surface area (TPSA) is 69.2 Å². The number of rotatable bonds is 6. The van der Waals surface area contributed by atoms with Crippen molar-refractivity contribution in [3.63, 3.8) is 0 Å². The smallest absolute Gasteiger partial charge is 0.210 e. The predicted octanol–water partition coefficient (Wildman–Crippen LogP) is 4.42. The normalized spacial score (nSPS) is 11.0. The molecule has 6 nitrogen and oxygen atoms in total. The molecule has 0 saturated heterocycles. The van der Waals surface area contributed by atoms with Crippen LogP contribution in [0, 0.1) is 6.20 Å². The number of ether oxygens (including phenoxy) is 1. The van der Waals surface area contributed by atoms with Gasteiger partial charge in [-0.25, -0.2) is 4.98 Å². The molecule has 0 aliphatic heterocycles. The van der Waals surface area contributed by atoms with Crippen LogP contribution < -0.4 is 15.4 Å². The number of pyridine rings is 1. The van der Waals surface area contributed by atoms with Gasteiger partial charge in [0.05, 0.1) is 17.2 Å². The van der Waals surface area contributed by atoms with Crippen LogP contribution >= 0.6 is 15.9 Å². The van der Waals surface area contributed by atoms with Gasteiger partial charge in [-0.15, -0.1) is 0 Å². The quantitative estimate of drug-likeness (QED) is 0.484. The molecule has 0 spiro atoms. The van der Waals surface area contributed by atoms with Crippen LogP contribution in [-0.4, -0.2) is 27.6 Å². The van der Waals surface area contributed by atoms with Gasteiger partial charge in [-0.3, -0.25) is 4.98 Å². The van der Waals surface area contributed by atoms with Crippen LogP contribution in [0.1, 0.15) is 0 Å². The van der Waals surface area contributed by atoms with E-state index in [-0.39, 0.29) is 0 Å². The van der Waals surface area contributed by atoms with Crippen LogP contribution in [0.3, 0.4) is 0 Å². The third-order valence-electron chi connectivity index (χ3n) is 4.39. The van der Waals surface area contributed by atoms with Crippen LogP contribution in [0.4, 0.5) is 11.6 Å². The summed E-state index contributed by atoms with van der Waals surface area (Å²) in [6.45, 7) is 1.18. The van der Waals surface area contributed by atoms with Gasteiger partial charge in [-0.05, 0) is 42.5 Å². The first-order chi connectivity index (χ1) is 13.7. The molecule has 0 aliphatic rings. The van der Waals surface area contributed by atoms with E-state index in [1.165, 1.54) is 0 Å². The number of anilines is 2. The second-order valence-electron chi connectivity index (χ2n) is 6.26. The highest BCUT2D eigenvalue weighted by atomic mass is 79.9. The minimum atomic E-state index is 0.520.